The van der Waals surface area contributed by atoms with Crippen LogP contribution in [0.4, 0.5) is 10.1 Å². The zero-order valence-electron chi connectivity index (χ0n) is 12.0. The number of rotatable bonds is 4. The SMILES string of the molecule is CNC(=O)CN(C(=O)C1CC=CCC1)c1cccc(F)c1. The van der Waals surface area contributed by atoms with Gasteiger partial charge in [0.2, 0.25) is 11.8 Å². The van der Waals surface area contributed by atoms with E-state index in [0.29, 0.717) is 12.1 Å². The maximum atomic E-state index is 13.4. The van der Waals surface area contributed by atoms with E-state index in [1.165, 1.54) is 30.1 Å². The molecule has 21 heavy (non-hydrogen) atoms. The highest BCUT2D eigenvalue weighted by molar-refractivity contribution is 6.00. The highest BCUT2D eigenvalue weighted by Gasteiger charge is 2.27. The van der Waals surface area contributed by atoms with Crippen LogP contribution in [0.15, 0.2) is 36.4 Å². The van der Waals surface area contributed by atoms with Crippen molar-refractivity contribution in [2.45, 2.75) is 19.3 Å². The lowest BCUT2D eigenvalue weighted by Gasteiger charge is -2.27. The number of likely N-dealkylation sites (N-methyl/N-ethyl adjacent to an activating group) is 1. The molecule has 1 atom stereocenters. The summed E-state index contributed by atoms with van der Waals surface area (Å²) < 4.78 is 13.4. The molecule has 0 aromatic heterocycles. The highest BCUT2D eigenvalue weighted by atomic mass is 19.1. The molecule has 1 unspecified atom stereocenters. The Hall–Kier alpha value is -2.17. The van der Waals surface area contributed by atoms with E-state index >= 15 is 0 Å². The Balaban J connectivity index is 2.24. The number of benzene rings is 1. The molecule has 1 aliphatic rings. The van der Waals surface area contributed by atoms with E-state index in [4.69, 9.17) is 0 Å². The number of hydrogen-bond acceptors (Lipinski definition) is 2. The van der Waals surface area contributed by atoms with Gasteiger partial charge < -0.3 is 10.2 Å². The molecule has 0 spiro atoms. The molecule has 0 bridgehead atoms. The Kier molecular flexibility index (Phi) is 5.09. The number of halogens is 1. The fourth-order valence-corrected chi connectivity index (χ4v) is 2.40. The average Bonchev–Trinajstić information content (AvgIpc) is 2.52. The monoisotopic (exact) mass is 290 g/mol. The molecular weight excluding hydrogens is 271 g/mol. The van der Waals surface area contributed by atoms with E-state index in [-0.39, 0.29) is 24.3 Å². The summed E-state index contributed by atoms with van der Waals surface area (Å²) in [5.41, 5.74) is 0.415. The van der Waals surface area contributed by atoms with Crippen LogP contribution in [0, 0.1) is 11.7 Å². The number of anilines is 1. The van der Waals surface area contributed by atoms with Crippen LogP contribution in [0.1, 0.15) is 19.3 Å². The maximum Gasteiger partial charge on any atom is 0.239 e. The van der Waals surface area contributed by atoms with Crippen LogP contribution >= 0.6 is 0 Å². The van der Waals surface area contributed by atoms with Gasteiger partial charge >= 0.3 is 0 Å². The second kappa shape index (κ2) is 7.02. The van der Waals surface area contributed by atoms with Gasteiger partial charge in [0.1, 0.15) is 12.4 Å². The van der Waals surface area contributed by atoms with Crippen molar-refractivity contribution in [1.82, 2.24) is 5.32 Å². The largest absolute Gasteiger partial charge is 0.358 e. The Bertz CT molecular complexity index is 557. The molecule has 2 rings (SSSR count). The Morgan fingerprint density at radius 3 is 2.81 bits per heavy atom. The van der Waals surface area contributed by atoms with Crippen LogP contribution in [-0.2, 0) is 9.59 Å². The third-order valence-electron chi connectivity index (χ3n) is 3.58. The molecule has 2 amide bonds. The minimum absolute atomic E-state index is 0.0982. The van der Waals surface area contributed by atoms with Crippen molar-refractivity contribution < 1.29 is 14.0 Å². The standard InChI is InChI=1S/C16H19FN2O2/c1-18-15(20)11-19(14-9-5-8-13(17)10-14)16(21)12-6-3-2-4-7-12/h2-3,5,8-10,12H,4,6-7,11H2,1H3,(H,18,20). The zero-order chi connectivity index (χ0) is 15.2. The molecule has 1 aromatic rings. The fraction of sp³-hybridized carbons (Fsp3) is 0.375. The predicted octanol–water partition coefficient (Wildman–Crippen LogP) is 2.26. The van der Waals surface area contributed by atoms with Gasteiger partial charge in [-0.15, -0.1) is 0 Å². The molecule has 5 heteroatoms. The number of nitrogens with zero attached hydrogens (tertiary/aromatic N) is 1. The molecule has 0 saturated heterocycles. The van der Waals surface area contributed by atoms with Crippen LogP contribution in [0.5, 0.6) is 0 Å². The molecule has 0 heterocycles. The van der Waals surface area contributed by atoms with E-state index in [9.17, 15) is 14.0 Å². The van der Waals surface area contributed by atoms with E-state index in [0.717, 1.165) is 12.8 Å². The van der Waals surface area contributed by atoms with Crippen LogP contribution < -0.4 is 10.2 Å². The average molecular weight is 290 g/mol. The number of carbonyl (C=O) groups is 2. The molecule has 1 aliphatic carbocycles. The Morgan fingerprint density at radius 2 is 2.19 bits per heavy atom. The summed E-state index contributed by atoms with van der Waals surface area (Å²) in [6, 6.07) is 5.77. The molecule has 0 aliphatic heterocycles. The molecule has 0 saturated carbocycles. The predicted molar refractivity (Wildman–Crippen MR) is 79.3 cm³/mol. The number of amides is 2. The first-order valence-electron chi connectivity index (χ1n) is 7.04. The molecule has 4 nitrogen and oxygen atoms in total. The van der Waals surface area contributed by atoms with Crippen LogP contribution in [0.3, 0.4) is 0 Å². The summed E-state index contributed by atoms with van der Waals surface area (Å²) in [6.07, 6.45) is 6.31. The first kappa shape index (κ1) is 15.2. The second-order valence-electron chi connectivity index (χ2n) is 5.06. The number of allylic oxidation sites excluding steroid dienone is 2. The fourth-order valence-electron chi connectivity index (χ4n) is 2.40. The van der Waals surface area contributed by atoms with E-state index < -0.39 is 5.82 Å². The number of carbonyl (C=O) groups excluding carboxylic acids is 2. The zero-order valence-corrected chi connectivity index (χ0v) is 12.0. The van der Waals surface area contributed by atoms with Gasteiger partial charge in [0, 0.05) is 18.7 Å². The normalized spacial score (nSPS) is 17.3. The van der Waals surface area contributed by atoms with Gasteiger partial charge in [-0.1, -0.05) is 18.2 Å². The van der Waals surface area contributed by atoms with E-state index in [1.807, 2.05) is 6.08 Å². The van der Waals surface area contributed by atoms with Crippen molar-refractivity contribution in [3.05, 3.63) is 42.2 Å². The van der Waals surface area contributed by atoms with Crippen LogP contribution in [-0.4, -0.2) is 25.4 Å². The van der Waals surface area contributed by atoms with Crippen molar-refractivity contribution >= 4 is 17.5 Å². The van der Waals surface area contributed by atoms with Crippen molar-refractivity contribution in [2.75, 3.05) is 18.5 Å². The Labute approximate surface area is 123 Å². The van der Waals surface area contributed by atoms with Crippen molar-refractivity contribution in [3.8, 4) is 0 Å². The lowest BCUT2D eigenvalue weighted by atomic mass is 9.93. The quantitative estimate of drug-likeness (QED) is 0.865. The van der Waals surface area contributed by atoms with Gasteiger partial charge in [-0.25, -0.2) is 4.39 Å². The van der Waals surface area contributed by atoms with Crippen molar-refractivity contribution in [2.24, 2.45) is 5.92 Å². The van der Waals surface area contributed by atoms with Gasteiger partial charge in [-0.05, 0) is 37.5 Å². The minimum Gasteiger partial charge on any atom is -0.358 e. The van der Waals surface area contributed by atoms with Gasteiger partial charge in [-0.3, -0.25) is 9.59 Å². The lowest BCUT2D eigenvalue weighted by molar-refractivity contribution is -0.125. The van der Waals surface area contributed by atoms with Crippen LogP contribution in [0.2, 0.25) is 0 Å². The molecule has 0 fully saturated rings. The first-order valence-corrected chi connectivity index (χ1v) is 7.04. The topological polar surface area (TPSA) is 49.4 Å². The molecule has 1 aromatic carbocycles. The summed E-state index contributed by atoms with van der Waals surface area (Å²) in [7, 11) is 1.51. The third-order valence-corrected chi connectivity index (χ3v) is 3.58. The first-order chi connectivity index (χ1) is 10.1. The second-order valence-corrected chi connectivity index (χ2v) is 5.06. The molecule has 1 N–H and O–H groups in total. The maximum absolute atomic E-state index is 13.4. The van der Waals surface area contributed by atoms with E-state index in [1.54, 1.807) is 6.07 Å². The van der Waals surface area contributed by atoms with Gasteiger partial charge in [0.05, 0.1) is 0 Å². The molecule has 0 radical (unpaired) electrons. The third kappa shape index (κ3) is 3.90. The molecule has 112 valence electrons. The van der Waals surface area contributed by atoms with Crippen molar-refractivity contribution in [3.63, 3.8) is 0 Å². The Morgan fingerprint density at radius 1 is 1.38 bits per heavy atom. The van der Waals surface area contributed by atoms with Gasteiger partial charge in [-0.2, -0.15) is 0 Å². The smallest absolute Gasteiger partial charge is 0.239 e. The summed E-state index contributed by atoms with van der Waals surface area (Å²) in [6.45, 7) is -0.0982. The molecular formula is C16H19FN2O2. The summed E-state index contributed by atoms with van der Waals surface area (Å²) in [5.74, 6) is -0.985. The summed E-state index contributed by atoms with van der Waals surface area (Å²) >= 11 is 0. The van der Waals surface area contributed by atoms with Gasteiger partial charge in [0.15, 0.2) is 0 Å². The number of nitrogens with one attached hydrogen (secondary N) is 1. The van der Waals surface area contributed by atoms with Gasteiger partial charge in [0.25, 0.3) is 0 Å². The lowest BCUT2D eigenvalue weighted by Crippen LogP contribution is -2.43. The van der Waals surface area contributed by atoms with Crippen molar-refractivity contribution in [1.29, 1.82) is 0 Å². The summed E-state index contributed by atoms with van der Waals surface area (Å²) in [4.78, 5) is 25.7. The summed E-state index contributed by atoms with van der Waals surface area (Å²) in [5, 5.41) is 2.50. The van der Waals surface area contributed by atoms with E-state index in [2.05, 4.69) is 11.4 Å². The van der Waals surface area contributed by atoms with Crippen LogP contribution in [0.25, 0.3) is 0 Å². The number of hydrogen-bond donors (Lipinski definition) is 1. The minimum atomic E-state index is -0.425. The highest BCUT2D eigenvalue weighted by Crippen LogP contribution is 2.24.